The zero-order valence-electron chi connectivity index (χ0n) is 30.3. The van der Waals surface area contributed by atoms with E-state index in [0.717, 1.165) is 39.1 Å². The second-order valence-corrected chi connectivity index (χ2v) is 14.1. The van der Waals surface area contributed by atoms with E-state index in [1.807, 2.05) is 60.7 Å². The summed E-state index contributed by atoms with van der Waals surface area (Å²) in [6, 6.07) is 70.4. The molecule has 8 aromatic carbocycles. The smallest absolute Gasteiger partial charge is 0.164 e. The van der Waals surface area contributed by atoms with Crippen LogP contribution in [0.3, 0.4) is 0 Å². The van der Waals surface area contributed by atoms with Gasteiger partial charge in [0.15, 0.2) is 17.5 Å². The molecule has 56 heavy (non-hydrogen) atoms. The Morgan fingerprint density at radius 1 is 0.286 bits per heavy atom. The van der Waals surface area contributed by atoms with Crippen LogP contribution in [0.4, 0.5) is 0 Å². The van der Waals surface area contributed by atoms with Crippen LogP contribution in [0, 0.1) is 0 Å². The lowest BCUT2D eigenvalue weighted by atomic mass is 9.98. The SMILES string of the molecule is c1ccc(-c2nc(-c3ccccc3)nc(-c3cccc(-n4c5ccccc5c5c(-c6ccc7c8ccccc8n(-c8ccccc8)c7c6)cccc54)c3)n2)cc1. The molecule has 0 saturated carbocycles. The Morgan fingerprint density at radius 3 is 1.46 bits per heavy atom. The molecule has 0 atom stereocenters. The Hall–Kier alpha value is -7.63. The molecule has 0 aliphatic rings. The monoisotopic (exact) mass is 715 g/mol. The second kappa shape index (κ2) is 13.0. The molecule has 0 aliphatic carbocycles. The van der Waals surface area contributed by atoms with Crippen LogP contribution in [0.2, 0.25) is 0 Å². The minimum Gasteiger partial charge on any atom is -0.309 e. The third-order valence-corrected chi connectivity index (χ3v) is 10.8. The number of hydrogen-bond acceptors (Lipinski definition) is 3. The fourth-order valence-electron chi connectivity index (χ4n) is 8.25. The summed E-state index contributed by atoms with van der Waals surface area (Å²) in [5.41, 5.74) is 12.0. The average molecular weight is 716 g/mol. The minimum absolute atomic E-state index is 0.628. The predicted molar refractivity (Wildman–Crippen MR) is 230 cm³/mol. The van der Waals surface area contributed by atoms with Crippen LogP contribution in [0.25, 0.3) is 100 Å². The first-order valence-corrected chi connectivity index (χ1v) is 18.9. The van der Waals surface area contributed by atoms with Gasteiger partial charge in [-0.3, -0.25) is 0 Å². The summed E-state index contributed by atoms with van der Waals surface area (Å²) in [6.45, 7) is 0. The van der Waals surface area contributed by atoms with Crippen molar-refractivity contribution in [1.82, 2.24) is 24.1 Å². The molecular weight excluding hydrogens is 683 g/mol. The van der Waals surface area contributed by atoms with Crippen molar-refractivity contribution < 1.29 is 0 Å². The topological polar surface area (TPSA) is 48.5 Å². The minimum atomic E-state index is 0.628. The molecule has 0 saturated heterocycles. The maximum atomic E-state index is 5.04. The number of nitrogens with zero attached hydrogens (tertiary/aromatic N) is 5. The van der Waals surface area contributed by atoms with Crippen LogP contribution in [-0.4, -0.2) is 24.1 Å². The first kappa shape index (κ1) is 31.9. The highest BCUT2D eigenvalue weighted by molar-refractivity contribution is 6.17. The van der Waals surface area contributed by atoms with E-state index in [9.17, 15) is 0 Å². The zero-order chi connectivity index (χ0) is 37.0. The highest BCUT2D eigenvalue weighted by Crippen LogP contribution is 2.41. The van der Waals surface area contributed by atoms with Gasteiger partial charge in [-0.1, -0.05) is 152 Å². The van der Waals surface area contributed by atoms with Gasteiger partial charge in [-0.05, 0) is 59.7 Å². The van der Waals surface area contributed by atoms with Gasteiger partial charge < -0.3 is 9.13 Å². The summed E-state index contributed by atoms with van der Waals surface area (Å²) >= 11 is 0. The third-order valence-electron chi connectivity index (χ3n) is 10.8. The number of rotatable bonds is 6. The highest BCUT2D eigenvalue weighted by atomic mass is 15.0. The Morgan fingerprint density at radius 2 is 0.768 bits per heavy atom. The van der Waals surface area contributed by atoms with Gasteiger partial charge in [0.05, 0.1) is 22.1 Å². The van der Waals surface area contributed by atoms with E-state index in [2.05, 4.69) is 149 Å². The standard InChI is InChI=1S/C51H33N5/c1-4-16-34(17-5-1)49-52-50(35-18-6-2-7-19-35)54-51(53-49)37-20-14-23-39(32-37)56-45-28-13-11-25-43(45)48-40(26-15-29-46(48)56)36-30-31-42-41-24-10-12-27-44(41)55(47(42)33-36)38-21-8-3-9-22-38/h1-33H. The molecule has 0 N–H and O–H groups in total. The zero-order valence-corrected chi connectivity index (χ0v) is 30.3. The van der Waals surface area contributed by atoms with Crippen molar-refractivity contribution in [2.75, 3.05) is 0 Å². The summed E-state index contributed by atoms with van der Waals surface area (Å²) in [7, 11) is 0. The summed E-state index contributed by atoms with van der Waals surface area (Å²) in [6.07, 6.45) is 0. The first-order valence-electron chi connectivity index (χ1n) is 18.9. The molecule has 5 nitrogen and oxygen atoms in total. The molecule has 0 fully saturated rings. The lowest BCUT2D eigenvalue weighted by Gasteiger charge is -2.12. The largest absolute Gasteiger partial charge is 0.309 e. The van der Waals surface area contributed by atoms with Crippen molar-refractivity contribution >= 4 is 43.6 Å². The average Bonchev–Trinajstić information content (AvgIpc) is 3.80. The molecule has 0 unspecified atom stereocenters. The van der Waals surface area contributed by atoms with E-state index in [1.54, 1.807) is 0 Å². The van der Waals surface area contributed by atoms with Gasteiger partial charge >= 0.3 is 0 Å². The first-order chi connectivity index (χ1) is 27.8. The van der Waals surface area contributed by atoms with Gasteiger partial charge in [0, 0.05) is 49.6 Å². The van der Waals surface area contributed by atoms with Crippen LogP contribution < -0.4 is 0 Å². The number of hydrogen-bond donors (Lipinski definition) is 0. The lowest BCUT2D eigenvalue weighted by molar-refractivity contribution is 1.07. The number of aromatic nitrogens is 5. The Kier molecular flexibility index (Phi) is 7.42. The quantitative estimate of drug-likeness (QED) is 0.172. The van der Waals surface area contributed by atoms with Crippen LogP contribution in [0.15, 0.2) is 200 Å². The molecule has 3 aromatic heterocycles. The van der Waals surface area contributed by atoms with E-state index >= 15 is 0 Å². The van der Waals surface area contributed by atoms with E-state index in [0.29, 0.717) is 17.5 Å². The predicted octanol–water partition coefficient (Wildman–Crippen LogP) is 12.7. The van der Waals surface area contributed by atoms with E-state index in [1.165, 1.54) is 43.7 Å². The van der Waals surface area contributed by atoms with Gasteiger partial charge in [-0.25, -0.2) is 15.0 Å². The summed E-state index contributed by atoms with van der Waals surface area (Å²) in [4.78, 5) is 15.0. The second-order valence-electron chi connectivity index (χ2n) is 14.1. The number of para-hydroxylation sites is 3. The van der Waals surface area contributed by atoms with Crippen LogP contribution in [0.5, 0.6) is 0 Å². The Balaban J connectivity index is 1.10. The van der Waals surface area contributed by atoms with Gasteiger partial charge in [-0.2, -0.15) is 0 Å². The highest BCUT2D eigenvalue weighted by Gasteiger charge is 2.19. The van der Waals surface area contributed by atoms with Crippen LogP contribution in [0.1, 0.15) is 0 Å². The molecule has 0 aliphatic heterocycles. The van der Waals surface area contributed by atoms with Crippen molar-refractivity contribution in [1.29, 1.82) is 0 Å². The van der Waals surface area contributed by atoms with E-state index in [4.69, 9.17) is 15.0 Å². The van der Waals surface area contributed by atoms with Crippen molar-refractivity contribution in [2.45, 2.75) is 0 Å². The normalized spacial score (nSPS) is 11.6. The number of fused-ring (bicyclic) bond motifs is 6. The van der Waals surface area contributed by atoms with Crippen LogP contribution >= 0.6 is 0 Å². The molecule has 0 radical (unpaired) electrons. The molecular formula is C51H33N5. The van der Waals surface area contributed by atoms with Gasteiger partial charge in [0.25, 0.3) is 0 Å². The van der Waals surface area contributed by atoms with Crippen molar-refractivity contribution in [3.63, 3.8) is 0 Å². The molecule has 11 aromatic rings. The van der Waals surface area contributed by atoms with Crippen molar-refractivity contribution in [2.24, 2.45) is 0 Å². The maximum Gasteiger partial charge on any atom is 0.164 e. The molecule has 3 heterocycles. The summed E-state index contributed by atoms with van der Waals surface area (Å²) < 4.78 is 4.76. The molecule has 11 rings (SSSR count). The molecule has 5 heteroatoms. The van der Waals surface area contributed by atoms with Gasteiger partial charge in [-0.15, -0.1) is 0 Å². The van der Waals surface area contributed by atoms with E-state index in [-0.39, 0.29) is 0 Å². The summed E-state index contributed by atoms with van der Waals surface area (Å²) in [5.74, 6) is 1.91. The maximum absolute atomic E-state index is 5.04. The molecule has 0 amide bonds. The third kappa shape index (κ3) is 5.21. The van der Waals surface area contributed by atoms with Crippen molar-refractivity contribution in [3.05, 3.63) is 200 Å². The Labute approximate surface area is 323 Å². The van der Waals surface area contributed by atoms with Crippen LogP contribution in [-0.2, 0) is 0 Å². The Bertz CT molecular complexity index is 3180. The number of benzene rings is 8. The summed E-state index contributed by atoms with van der Waals surface area (Å²) in [5, 5.41) is 4.90. The molecule has 0 spiro atoms. The van der Waals surface area contributed by atoms with E-state index < -0.39 is 0 Å². The lowest BCUT2D eigenvalue weighted by Crippen LogP contribution is -2.01. The molecule has 0 bridgehead atoms. The van der Waals surface area contributed by atoms with Gasteiger partial charge in [0.2, 0.25) is 0 Å². The molecule has 262 valence electrons. The fourth-order valence-corrected chi connectivity index (χ4v) is 8.25. The fraction of sp³-hybridized carbons (Fsp3) is 0. The van der Waals surface area contributed by atoms with Gasteiger partial charge in [0.1, 0.15) is 0 Å². The van der Waals surface area contributed by atoms with Crippen molar-refractivity contribution in [3.8, 4) is 56.7 Å².